The summed E-state index contributed by atoms with van der Waals surface area (Å²) in [5.41, 5.74) is 2.40. The van der Waals surface area contributed by atoms with Gasteiger partial charge in [-0.15, -0.1) is 0 Å². The minimum Gasteiger partial charge on any atom is -0.494 e. The summed E-state index contributed by atoms with van der Waals surface area (Å²) < 4.78 is 23.4. The highest BCUT2D eigenvalue weighted by Gasteiger charge is 2.35. The number of rotatable bonds is 6. The lowest BCUT2D eigenvalue weighted by Gasteiger charge is -2.30. The molecule has 0 saturated carbocycles. The van der Waals surface area contributed by atoms with E-state index in [0.29, 0.717) is 29.5 Å². The molecule has 1 heterocycles. The zero-order valence-corrected chi connectivity index (χ0v) is 17.3. The van der Waals surface area contributed by atoms with Crippen LogP contribution in [0.5, 0.6) is 23.0 Å². The predicted molar refractivity (Wildman–Crippen MR) is 106 cm³/mol. The molecule has 7 heteroatoms. The number of benzene rings is 2. The predicted octanol–water partition coefficient (Wildman–Crippen LogP) is 4.35. The quantitative estimate of drug-likeness (QED) is 0.730. The number of carbonyl (C=O) groups is 1. The number of nitrogens with one attached hydrogen (secondary N) is 1. The molecule has 0 radical (unpaired) electrons. The van der Waals surface area contributed by atoms with Gasteiger partial charge in [-0.3, -0.25) is 4.79 Å². The van der Waals surface area contributed by atoms with Crippen molar-refractivity contribution in [3.8, 4) is 23.0 Å². The van der Waals surface area contributed by atoms with Crippen molar-refractivity contribution in [2.75, 3.05) is 33.3 Å². The van der Waals surface area contributed by atoms with Gasteiger partial charge in [0.25, 0.3) is 0 Å². The largest absolute Gasteiger partial charge is 0.494 e. The maximum atomic E-state index is 12.4. The summed E-state index contributed by atoms with van der Waals surface area (Å²) in [6.45, 7) is 2.46. The lowest BCUT2D eigenvalue weighted by molar-refractivity contribution is -0.116. The van der Waals surface area contributed by atoms with E-state index in [1.807, 2.05) is 25.1 Å². The summed E-state index contributed by atoms with van der Waals surface area (Å²) in [4.78, 5) is 12.4. The zero-order valence-electron chi connectivity index (χ0n) is 15.7. The Morgan fingerprint density at radius 3 is 2.44 bits per heavy atom. The van der Waals surface area contributed by atoms with Crippen LogP contribution in [-0.2, 0) is 4.79 Å². The normalized spacial score (nSPS) is 15.6. The summed E-state index contributed by atoms with van der Waals surface area (Å²) in [7, 11) is 4.69. The summed E-state index contributed by atoms with van der Waals surface area (Å²) in [6, 6.07) is 7.57. The fraction of sp³-hybridized carbons (Fsp3) is 0.350. The van der Waals surface area contributed by atoms with Crippen LogP contribution in [0.25, 0.3) is 0 Å². The van der Waals surface area contributed by atoms with E-state index < -0.39 is 0 Å². The second-order valence-electron chi connectivity index (χ2n) is 6.03. The van der Waals surface area contributed by atoms with Crippen molar-refractivity contribution < 1.29 is 23.7 Å². The van der Waals surface area contributed by atoms with Gasteiger partial charge in [0, 0.05) is 34.0 Å². The summed E-state index contributed by atoms with van der Waals surface area (Å²) in [5, 5.41) is 2.92. The molecule has 0 bridgehead atoms. The first-order valence-corrected chi connectivity index (χ1v) is 9.38. The van der Waals surface area contributed by atoms with E-state index >= 15 is 0 Å². The first-order chi connectivity index (χ1) is 13.0. The van der Waals surface area contributed by atoms with Crippen molar-refractivity contribution in [2.24, 2.45) is 0 Å². The topological polar surface area (TPSA) is 66.0 Å². The van der Waals surface area contributed by atoms with Crippen LogP contribution in [-0.4, -0.2) is 33.8 Å². The van der Waals surface area contributed by atoms with Gasteiger partial charge in [-0.05, 0) is 25.1 Å². The van der Waals surface area contributed by atoms with Crippen LogP contribution in [0, 0.1) is 0 Å². The van der Waals surface area contributed by atoms with E-state index in [2.05, 4.69) is 21.2 Å². The Balaban J connectivity index is 2.28. The third-order valence-electron chi connectivity index (χ3n) is 4.53. The molecule has 0 saturated heterocycles. The van der Waals surface area contributed by atoms with Crippen LogP contribution < -0.4 is 24.3 Å². The lowest BCUT2D eigenvalue weighted by Crippen LogP contribution is -2.25. The second-order valence-corrected chi connectivity index (χ2v) is 6.94. The molecule has 0 aliphatic carbocycles. The minimum absolute atomic E-state index is 0.0794. The lowest BCUT2D eigenvalue weighted by atomic mass is 9.83. The van der Waals surface area contributed by atoms with E-state index in [1.165, 1.54) is 0 Å². The number of fused-ring (bicyclic) bond motifs is 1. The average molecular weight is 436 g/mol. The molecule has 144 valence electrons. The monoisotopic (exact) mass is 435 g/mol. The standard InChI is InChI=1S/C20H22BrNO5/c1-5-27-15-7-6-11(21)8-12(15)13-9-17(23)22-14-10-16(24-2)19(25-3)20(26-4)18(13)14/h6-8,10,13H,5,9H2,1-4H3,(H,22,23)/t13-/m1/s1. The van der Waals surface area contributed by atoms with Crippen LogP contribution in [0.2, 0.25) is 0 Å². The van der Waals surface area contributed by atoms with Gasteiger partial charge in [0.05, 0.1) is 33.6 Å². The number of carbonyl (C=O) groups excluding carboxylic acids is 1. The molecule has 6 nitrogen and oxygen atoms in total. The highest BCUT2D eigenvalue weighted by molar-refractivity contribution is 9.10. The number of methoxy groups -OCH3 is 3. The van der Waals surface area contributed by atoms with Gasteiger partial charge in [-0.25, -0.2) is 0 Å². The molecule has 1 N–H and O–H groups in total. The third kappa shape index (κ3) is 3.56. The highest BCUT2D eigenvalue weighted by Crippen LogP contribution is 2.52. The Morgan fingerprint density at radius 1 is 1.07 bits per heavy atom. The number of ether oxygens (including phenoxy) is 4. The highest BCUT2D eigenvalue weighted by atomic mass is 79.9. The van der Waals surface area contributed by atoms with Crippen LogP contribution in [0.3, 0.4) is 0 Å². The van der Waals surface area contributed by atoms with Gasteiger partial charge < -0.3 is 24.3 Å². The Morgan fingerprint density at radius 2 is 1.81 bits per heavy atom. The maximum Gasteiger partial charge on any atom is 0.225 e. The molecular formula is C20H22BrNO5. The molecular weight excluding hydrogens is 414 g/mol. The van der Waals surface area contributed by atoms with Gasteiger partial charge in [0.15, 0.2) is 11.5 Å². The molecule has 1 amide bonds. The number of hydrogen-bond donors (Lipinski definition) is 1. The van der Waals surface area contributed by atoms with Crippen LogP contribution in [0.1, 0.15) is 30.4 Å². The van der Waals surface area contributed by atoms with Crippen molar-refractivity contribution >= 4 is 27.5 Å². The average Bonchev–Trinajstić information content (AvgIpc) is 2.67. The molecule has 0 spiro atoms. The first-order valence-electron chi connectivity index (χ1n) is 8.58. The summed E-state index contributed by atoms with van der Waals surface area (Å²) in [6.07, 6.45) is 0.273. The van der Waals surface area contributed by atoms with E-state index in [1.54, 1.807) is 27.4 Å². The van der Waals surface area contributed by atoms with Crippen LogP contribution in [0.15, 0.2) is 28.7 Å². The molecule has 27 heavy (non-hydrogen) atoms. The van der Waals surface area contributed by atoms with Crippen molar-refractivity contribution in [3.05, 3.63) is 39.9 Å². The van der Waals surface area contributed by atoms with E-state index in [0.717, 1.165) is 21.3 Å². The number of hydrogen-bond acceptors (Lipinski definition) is 5. The smallest absolute Gasteiger partial charge is 0.225 e. The van der Waals surface area contributed by atoms with E-state index in [4.69, 9.17) is 18.9 Å². The molecule has 0 aromatic heterocycles. The molecule has 0 unspecified atom stereocenters. The van der Waals surface area contributed by atoms with E-state index in [9.17, 15) is 4.79 Å². The fourth-order valence-electron chi connectivity index (χ4n) is 3.46. The first kappa shape index (κ1) is 19.4. The Hall–Kier alpha value is -2.41. The molecule has 0 fully saturated rings. The molecule has 1 atom stereocenters. The van der Waals surface area contributed by atoms with Gasteiger partial charge in [0.2, 0.25) is 11.7 Å². The van der Waals surface area contributed by atoms with Crippen molar-refractivity contribution in [1.82, 2.24) is 0 Å². The fourth-order valence-corrected chi connectivity index (χ4v) is 3.84. The van der Waals surface area contributed by atoms with Crippen LogP contribution >= 0.6 is 15.9 Å². The molecule has 3 rings (SSSR count). The number of halogens is 1. The van der Waals surface area contributed by atoms with Gasteiger partial charge >= 0.3 is 0 Å². The Kier molecular flexibility index (Phi) is 5.79. The third-order valence-corrected chi connectivity index (χ3v) is 5.02. The molecule has 1 aliphatic rings. The van der Waals surface area contributed by atoms with Gasteiger partial charge in [0.1, 0.15) is 5.75 Å². The Bertz CT molecular complexity index is 868. The van der Waals surface area contributed by atoms with Gasteiger partial charge in [-0.2, -0.15) is 0 Å². The second kappa shape index (κ2) is 8.08. The van der Waals surface area contributed by atoms with Crippen LogP contribution in [0.4, 0.5) is 5.69 Å². The summed E-state index contributed by atoms with van der Waals surface area (Å²) >= 11 is 3.52. The summed E-state index contributed by atoms with van der Waals surface area (Å²) in [5.74, 6) is 1.94. The van der Waals surface area contributed by atoms with Crippen molar-refractivity contribution in [2.45, 2.75) is 19.3 Å². The van der Waals surface area contributed by atoms with Crippen molar-refractivity contribution in [3.63, 3.8) is 0 Å². The molecule has 1 aliphatic heterocycles. The SMILES string of the molecule is CCOc1ccc(Br)cc1[C@H]1CC(=O)Nc2cc(OC)c(OC)c(OC)c21. The van der Waals surface area contributed by atoms with Crippen molar-refractivity contribution in [1.29, 1.82) is 0 Å². The zero-order chi connectivity index (χ0) is 19.6. The number of amides is 1. The van der Waals surface area contributed by atoms with E-state index in [-0.39, 0.29) is 18.2 Å². The molecule has 2 aromatic rings. The maximum absolute atomic E-state index is 12.4. The minimum atomic E-state index is -0.248. The van der Waals surface area contributed by atoms with Gasteiger partial charge in [-0.1, -0.05) is 15.9 Å². The number of anilines is 1. The molecule has 2 aromatic carbocycles. The Labute approximate surface area is 166 Å².